The molecular formula is C18H27N3O2. The van der Waals surface area contributed by atoms with Crippen LogP contribution in [0.4, 0.5) is 5.69 Å². The molecule has 2 fully saturated rings. The molecule has 1 amide bonds. The minimum atomic E-state index is 0.228. The summed E-state index contributed by atoms with van der Waals surface area (Å²) in [5.41, 5.74) is 2.57. The standard InChI is InChI=1S/C18H27N3O2/c1-13-10-21(11-14(2)23-13)17-7-5-4-6-15(17)9-19-16-8-18(22)20(3)12-16/h4-7,13-14,16,19H,8-12H2,1-3H3/t13-,14-,16+/m1/s1. The number of likely N-dealkylation sites (N-methyl/N-ethyl adjacent to an activating group) is 1. The maximum Gasteiger partial charge on any atom is 0.224 e. The highest BCUT2D eigenvalue weighted by Gasteiger charge is 2.27. The van der Waals surface area contributed by atoms with Gasteiger partial charge in [-0.05, 0) is 25.5 Å². The predicted octanol–water partition coefficient (Wildman–Crippen LogP) is 1.62. The first kappa shape index (κ1) is 16.3. The number of nitrogens with zero attached hydrogens (tertiary/aromatic N) is 2. The lowest BCUT2D eigenvalue weighted by Gasteiger charge is -2.38. The molecule has 0 spiro atoms. The van der Waals surface area contributed by atoms with Crippen LogP contribution >= 0.6 is 0 Å². The van der Waals surface area contributed by atoms with Crippen LogP contribution in [0.3, 0.4) is 0 Å². The van der Waals surface area contributed by atoms with E-state index in [1.165, 1.54) is 11.3 Å². The van der Waals surface area contributed by atoms with Crippen molar-refractivity contribution in [3.05, 3.63) is 29.8 Å². The molecule has 2 saturated heterocycles. The third-order valence-electron chi connectivity index (χ3n) is 4.67. The summed E-state index contributed by atoms with van der Waals surface area (Å²) in [6.45, 7) is 7.69. The SMILES string of the molecule is C[C@@H]1CN(c2ccccc2CN[C@H]2CC(=O)N(C)C2)C[C@@H](C)O1. The third kappa shape index (κ3) is 3.85. The Hall–Kier alpha value is -1.59. The monoisotopic (exact) mass is 317 g/mol. The van der Waals surface area contributed by atoms with E-state index in [2.05, 4.69) is 48.3 Å². The van der Waals surface area contributed by atoms with Gasteiger partial charge in [-0.3, -0.25) is 4.79 Å². The second-order valence-corrected chi connectivity index (χ2v) is 6.85. The molecule has 126 valence electrons. The molecule has 0 aliphatic carbocycles. The van der Waals surface area contributed by atoms with Gasteiger partial charge in [0.05, 0.1) is 12.2 Å². The fourth-order valence-corrected chi connectivity index (χ4v) is 3.60. The van der Waals surface area contributed by atoms with Crippen LogP contribution in [0.1, 0.15) is 25.8 Å². The lowest BCUT2D eigenvalue weighted by molar-refractivity contribution is -0.126. The minimum absolute atomic E-state index is 0.228. The van der Waals surface area contributed by atoms with Crippen molar-refractivity contribution >= 4 is 11.6 Å². The number of carbonyl (C=O) groups excluding carboxylic acids is 1. The summed E-state index contributed by atoms with van der Waals surface area (Å²) in [6.07, 6.45) is 1.10. The zero-order valence-electron chi connectivity index (χ0n) is 14.3. The number of hydrogen-bond acceptors (Lipinski definition) is 4. The molecule has 3 atom stereocenters. The molecule has 1 N–H and O–H groups in total. The van der Waals surface area contributed by atoms with Gasteiger partial charge >= 0.3 is 0 Å². The summed E-state index contributed by atoms with van der Waals surface area (Å²) >= 11 is 0. The average molecular weight is 317 g/mol. The summed E-state index contributed by atoms with van der Waals surface area (Å²) < 4.78 is 5.84. The van der Waals surface area contributed by atoms with Gasteiger partial charge in [-0.1, -0.05) is 18.2 Å². The van der Waals surface area contributed by atoms with Gasteiger partial charge in [-0.2, -0.15) is 0 Å². The Morgan fingerprint density at radius 1 is 1.17 bits per heavy atom. The number of anilines is 1. The van der Waals surface area contributed by atoms with Gasteiger partial charge in [0.2, 0.25) is 5.91 Å². The molecule has 1 aromatic rings. The topological polar surface area (TPSA) is 44.8 Å². The molecule has 0 saturated carbocycles. The molecule has 3 rings (SSSR count). The van der Waals surface area contributed by atoms with Gasteiger partial charge in [-0.25, -0.2) is 0 Å². The summed E-state index contributed by atoms with van der Waals surface area (Å²) in [4.78, 5) is 15.9. The van der Waals surface area contributed by atoms with Crippen molar-refractivity contribution in [3.63, 3.8) is 0 Å². The smallest absolute Gasteiger partial charge is 0.224 e. The molecule has 0 aromatic heterocycles. The summed E-state index contributed by atoms with van der Waals surface area (Å²) in [5, 5.41) is 3.54. The first-order valence-corrected chi connectivity index (χ1v) is 8.48. The van der Waals surface area contributed by atoms with Gasteiger partial charge in [0, 0.05) is 51.4 Å². The number of likely N-dealkylation sites (tertiary alicyclic amines) is 1. The van der Waals surface area contributed by atoms with Crippen LogP contribution in [0.15, 0.2) is 24.3 Å². The van der Waals surface area contributed by atoms with E-state index in [0.717, 1.165) is 26.2 Å². The number of rotatable bonds is 4. The first-order chi connectivity index (χ1) is 11.0. The molecule has 2 aliphatic rings. The lowest BCUT2D eigenvalue weighted by Crippen LogP contribution is -2.46. The fourth-order valence-electron chi connectivity index (χ4n) is 3.60. The Labute approximate surface area is 138 Å². The normalized spacial score (nSPS) is 28.5. The van der Waals surface area contributed by atoms with E-state index < -0.39 is 0 Å². The minimum Gasteiger partial charge on any atom is -0.372 e. The van der Waals surface area contributed by atoms with E-state index in [1.54, 1.807) is 4.90 Å². The summed E-state index contributed by atoms with van der Waals surface area (Å²) in [5.74, 6) is 0.228. The third-order valence-corrected chi connectivity index (χ3v) is 4.67. The molecule has 5 heteroatoms. The first-order valence-electron chi connectivity index (χ1n) is 8.48. The Morgan fingerprint density at radius 2 is 1.87 bits per heavy atom. The van der Waals surface area contributed by atoms with Gasteiger partial charge in [0.15, 0.2) is 0 Å². The van der Waals surface area contributed by atoms with Crippen molar-refractivity contribution in [1.29, 1.82) is 0 Å². The van der Waals surface area contributed by atoms with Gasteiger partial charge < -0.3 is 19.9 Å². The lowest BCUT2D eigenvalue weighted by atomic mass is 10.1. The number of amides is 1. The van der Waals surface area contributed by atoms with Crippen molar-refractivity contribution in [2.45, 2.75) is 45.1 Å². The van der Waals surface area contributed by atoms with Crippen LogP contribution in [0.2, 0.25) is 0 Å². The number of benzene rings is 1. The Bertz CT molecular complexity index is 553. The Balaban J connectivity index is 1.67. The van der Waals surface area contributed by atoms with Crippen molar-refractivity contribution < 1.29 is 9.53 Å². The van der Waals surface area contributed by atoms with Crippen LogP contribution in [0.25, 0.3) is 0 Å². The number of morpholine rings is 1. The Kier molecular flexibility index (Phi) is 4.87. The second kappa shape index (κ2) is 6.89. The highest BCUT2D eigenvalue weighted by Crippen LogP contribution is 2.24. The van der Waals surface area contributed by atoms with Gasteiger partial charge in [-0.15, -0.1) is 0 Å². The van der Waals surface area contributed by atoms with Gasteiger partial charge in [0.25, 0.3) is 0 Å². The number of ether oxygens (including phenoxy) is 1. The molecular weight excluding hydrogens is 290 g/mol. The number of carbonyl (C=O) groups is 1. The van der Waals surface area contributed by atoms with E-state index in [-0.39, 0.29) is 24.2 Å². The van der Waals surface area contributed by atoms with Crippen LogP contribution in [0.5, 0.6) is 0 Å². The second-order valence-electron chi connectivity index (χ2n) is 6.85. The summed E-state index contributed by atoms with van der Waals surface area (Å²) in [6, 6.07) is 8.79. The Morgan fingerprint density at radius 3 is 2.52 bits per heavy atom. The van der Waals surface area contributed by atoms with Crippen LogP contribution < -0.4 is 10.2 Å². The van der Waals surface area contributed by atoms with Crippen LogP contribution in [-0.2, 0) is 16.1 Å². The van der Waals surface area contributed by atoms with Crippen molar-refractivity contribution in [2.24, 2.45) is 0 Å². The molecule has 5 nitrogen and oxygen atoms in total. The van der Waals surface area contributed by atoms with E-state index in [1.807, 2.05) is 7.05 Å². The van der Waals surface area contributed by atoms with Crippen LogP contribution in [0, 0.1) is 0 Å². The molecule has 0 bridgehead atoms. The van der Waals surface area contributed by atoms with E-state index >= 15 is 0 Å². The maximum atomic E-state index is 11.6. The largest absolute Gasteiger partial charge is 0.372 e. The summed E-state index contributed by atoms with van der Waals surface area (Å²) in [7, 11) is 1.87. The molecule has 0 radical (unpaired) electrons. The molecule has 2 aliphatic heterocycles. The van der Waals surface area contributed by atoms with Crippen LogP contribution in [-0.4, -0.2) is 55.7 Å². The average Bonchev–Trinajstić information content (AvgIpc) is 2.83. The number of nitrogens with one attached hydrogen (secondary N) is 1. The van der Waals surface area contributed by atoms with E-state index in [9.17, 15) is 4.79 Å². The molecule has 2 heterocycles. The predicted molar refractivity (Wildman–Crippen MR) is 91.5 cm³/mol. The molecule has 23 heavy (non-hydrogen) atoms. The highest BCUT2D eigenvalue weighted by atomic mass is 16.5. The number of para-hydroxylation sites is 1. The van der Waals surface area contributed by atoms with E-state index in [4.69, 9.17) is 4.74 Å². The zero-order valence-corrected chi connectivity index (χ0v) is 14.3. The maximum absolute atomic E-state index is 11.6. The van der Waals surface area contributed by atoms with Crippen molar-refractivity contribution in [3.8, 4) is 0 Å². The fraction of sp³-hybridized carbons (Fsp3) is 0.611. The van der Waals surface area contributed by atoms with Crippen molar-refractivity contribution in [2.75, 3.05) is 31.6 Å². The molecule has 0 unspecified atom stereocenters. The highest BCUT2D eigenvalue weighted by molar-refractivity contribution is 5.78. The quantitative estimate of drug-likeness (QED) is 0.916. The van der Waals surface area contributed by atoms with Gasteiger partial charge in [0.1, 0.15) is 0 Å². The molecule has 1 aromatic carbocycles. The zero-order chi connectivity index (χ0) is 16.4. The van der Waals surface area contributed by atoms with E-state index in [0.29, 0.717) is 6.42 Å². The number of hydrogen-bond donors (Lipinski definition) is 1. The van der Waals surface area contributed by atoms with Crippen molar-refractivity contribution in [1.82, 2.24) is 10.2 Å².